The average molecular weight is 158 g/mol. The lowest BCUT2D eigenvalue weighted by Gasteiger charge is -1.91. The van der Waals surface area contributed by atoms with E-state index in [1.165, 1.54) is 0 Å². The van der Waals surface area contributed by atoms with Gasteiger partial charge in [0.1, 0.15) is 0 Å². The summed E-state index contributed by atoms with van der Waals surface area (Å²) in [5, 5.41) is 13.9. The average Bonchev–Trinajstić information content (AvgIpc) is 1.19. The van der Waals surface area contributed by atoms with Gasteiger partial charge >= 0.3 is 15.2 Å². The Kier molecular flexibility index (Phi) is 5.25. The van der Waals surface area contributed by atoms with Gasteiger partial charge in [0.2, 0.25) is 0 Å². The summed E-state index contributed by atoms with van der Waals surface area (Å²) >= 11 is 0. The Labute approximate surface area is 50.5 Å². The van der Waals surface area contributed by atoms with Gasteiger partial charge in [0, 0.05) is 0 Å². The molecule has 0 spiro atoms. The van der Waals surface area contributed by atoms with E-state index in [-0.39, 0.29) is 0 Å². The molecular formula is CH6O7Si. The van der Waals surface area contributed by atoms with Gasteiger partial charge in [0.15, 0.2) is 0 Å². The minimum absolute atomic E-state index is 1.83. The summed E-state index contributed by atoms with van der Waals surface area (Å²) in [6.07, 6.45) is -1.83. The van der Waals surface area contributed by atoms with Crippen molar-refractivity contribution < 1.29 is 34.2 Å². The smallest absolute Gasteiger partial charge is 0.450 e. The van der Waals surface area contributed by atoms with Gasteiger partial charge in [-0.25, -0.2) is 4.79 Å². The van der Waals surface area contributed by atoms with E-state index in [1.54, 1.807) is 0 Å². The number of rotatable bonds is 0. The molecule has 0 aromatic carbocycles. The van der Waals surface area contributed by atoms with E-state index in [0.29, 0.717) is 0 Å². The first-order chi connectivity index (χ1) is 3.73. The van der Waals surface area contributed by atoms with E-state index in [1.807, 2.05) is 0 Å². The van der Waals surface area contributed by atoms with Crippen molar-refractivity contribution >= 4 is 15.2 Å². The maximum absolute atomic E-state index is 8.56. The molecule has 0 fully saturated rings. The van der Waals surface area contributed by atoms with Gasteiger partial charge in [-0.1, -0.05) is 0 Å². The summed E-state index contributed by atoms with van der Waals surface area (Å²) in [7, 11) is -4.61. The minimum atomic E-state index is -4.61. The van der Waals surface area contributed by atoms with Gasteiger partial charge in [0.05, 0.1) is 0 Å². The normalized spacial score (nSPS) is 9.33. The van der Waals surface area contributed by atoms with E-state index in [0.717, 1.165) is 0 Å². The summed E-state index contributed by atoms with van der Waals surface area (Å²) in [6, 6.07) is 0. The maximum Gasteiger partial charge on any atom is 0.668 e. The van der Waals surface area contributed by atoms with Crippen LogP contribution in [-0.2, 0) is 0 Å². The van der Waals surface area contributed by atoms with Gasteiger partial charge in [0.25, 0.3) is 0 Å². The van der Waals surface area contributed by atoms with Crippen molar-refractivity contribution in [2.75, 3.05) is 0 Å². The molecule has 0 radical (unpaired) electrons. The lowest BCUT2D eigenvalue weighted by atomic mass is 11.5. The number of hydrogen-bond acceptors (Lipinski definition) is 5. The monoisotopic (exact) mass is 158 g/mol. The Balaban J connectivity index is 0. The van der Waals surface area contributed by atoms with Crippen molar-refractivity contribution in [2.45, 2.75) is 0 Å². The molecular weight excluding hydrogens is 152 g/mol. The summed E-state index contributed by atoms with van der Waals surface area (Å²) in [5.74, 6) is 0. The minimum Gasteiger partial charge on any atom is -0.450 e. The standard InChI is InChI=1S/CH2O3.H4O4Si/c2-1(3)4;1-5(2,3)4/h(H2,2,3,4);1-4H. The Morgan fingerprint density at radius 2 is 1.00 bits per heavy atom. The highest BCUT2D eigenvalue weighted by atomic mass is 28.4. The van der Waals surface area contributed by atoms with E-state index in [9.17, 15) is 0 Å². The van der Waals surface area contributed by atoms with E-state index in [2.05, 4.69) is 0 Å². The van der Waals surface area contributed by atoms with E-state index < -0.39 is 15.2 Å². The molecule has 56 valence electrons. The van der Waals surface area contributed by atoms with Crippen molar-refractivity contribution in [2.24, 2.45) is 0 Å². The van der Waals surface area contributed by atoms with Crippen molar-refractivity contribution in [3.63, 3.8) is 0 Å². The summed E-state index contributed by atoms with van der Waals surface area (Å²) in [6.45, 7) is 0. The molecule has 0 aromatic rings. The van der Waals surface area contributed by atoms with Crippen LogP contribution in [0.15, 0.2) is 0 Å². The molecule has 0 aromatic heterocycles. The molecule has 6 N–H and O–H groups in total. The van der Waals surface area contributed by atoms with Crippen LogP contribution in [0.2, 0.25) is 0 Å². The van der Waals surface area contributed by atoms with Crippen LogP contribution >= 0.6 is 0 Å². The van der Waals surface area contributed by atoms with Gasteiger partial charge in [-0.15, -0.1) is 0 Å². The van der Waals surface area contributed by atoms with Crippen molar-refractivity contribution in [3.05, 3.63) is 0 Å². The fourth-order valence-corrected chi connectivity index (χ4v) is 0. The zero-order valence-electron chi connectivity index (χ0n) is 4.09. The molecule has 0 heterocycles. The van der Waals surface area contributed by atoms with Crippen LogP contribution in [0.5, 0.6) is 0 Å². The predicted octanol–water partition coefficient (Wildman–Crippen LogP) is -2.39. The summed E-state index contributed by atoms with van der Waals surface area (Å²) < 4.78 is 0. The second-order valence-corrected chi connectivity index (χ2v) is 2.08. The van der Waals surface area contributed by atoms with Gasteiger partial charge in [-0.05, 0) is 0 Å². The Bertz CT molecular complexity index is 71.4. The van der Waals surface area contributed by atoms with Crippen molar-refractivity contribution in [1.29, 1.82) is 0 Å². The zero-order valence-corrected chi connectivity index (χ0v) is 5.09. The van der Waals surface area contributed by atoms with E-state index >= 15 is 0 Å². The molecule has 0 rings (SSSR count). The third-order valence-electron chi connectivity index (χ3n) is 0. The van der Waals surface area contributed by atoms with Crippen molar-refractivity contribution in [3.8, 4) is 0 Å². The highest BCUT2D eigenvalue weighted by Gasteiger charge is 2.22. The van der Waals surface area contributed by atoms with Crippen LogP contribution in [0.3, 0.4) is 0 Å². The number of carbonyl (C=O) groups is 1. The number of hydrogen-bond donors (Lipinski definition) is 6. The molecule has 0 unspecified atom stereocenters. The summed E-state index contributed by atoms with van der Waals surface area (Å²) in [5.41, 5.74) is 0. The van der Waals surface area contributed by atoms with Crippen LogP contribution in [-0.4, -0.2) is 44.6 Å². The molecule has 0 amide bonds. The largest absolute Gasteiger partial charge is 0.668 e. The van der Waals surface area contributed by atoms with Crippen LogP contribution in [0.25, 0.3) is 0 Å². The summed E-state index contributed by atoms with van der Waals surface area (Å²) in [4.78, 5) is 37.9. The predicted molar refractivity (Wildman–Crippen MR) is 25.3 cm³/mol. The first kappa shape index (κ1) is 11.2. The SMILES string of the molecule is O=C(O)O.O[Si](O)(O)O. The fraction of sp³-hybridized carbons (Fsp3) is 0. The Hall–Kier alpha value is -0.673. The van der Waals surface area contributed by atoms with E-state index in [4.69, 9.17) is 34.2 Å². The van der Waals surface area contributed by atoms with Crippen LogP contribution in [0.1, 0.15) is 0 Å². The lowest BCUT2D eigenvalue weighted by Crippen LogP contribution is -2.33. The zero-order chi connectivity index (χ0) is 8.08. The third kappa shape index (κ3) is 459. The van der Waals surface area contributed by atoms with Gasteiger partial charge in [-0.3, -0.25) is 0 Å². The Morgan fingerprint density at radius 1 is 1.00 bits per heavy atom. The topological polar surface area (TPSA) is 138 Å². The molecule has 0 atom stereocenters. The fourth-order valence-electron chi connectivity index (χ4n) is 0. The first-order valence-electron chi connectivity index (χ1n) is 1.55. The molecule has 0 bridgehead atoms. The highest BCUT2D eigenvalue weighted by molar-refractivity contribution is 6.46. The maximum atomic E-state index is 8.56. The van der Waals surface area contributed by atoms with Crippen LogP contribution in [0, 0.1) is 0 Å². The lowest BCUT2D eigenvalue weighted by molar-refractivity contribution is 0.117. The molecule has 0 aliphatic rings. The van der Waals surface area contributed by atoms with Crippen LogP contribution < -0.4 is 0 Å². The van der Waals surface area contributed by atoms with Crippen LogP contribution in [0.4, 0.5) is 4.79 Å². The molecule has 7 nitrogen and oxygen atoms in total. The number of carboxylic acid groups (broad SMARTS) is 2. The van der Waals surface area contributed by atoms with Gasteiger partial charge in [-0.2, -0.15) is 0 Å². The highest BCUT2D eigenvalue weighted by Crippen LogP contribution is 1.67. The molecule has 8 heteroatoms. The molecule has 9 heavy (non-hydrogen) atoms. The third-order valence-corrected chi connectivity index (χ3v) is 0. The second kappa shape index (κ2) is 4.23. The van der Waals surface area contributed by atoms with Crippen molar-refractivity contribution in [1.82, 2.24) is 0 Å². The molecule has 0 saturated heterocycles. The Morgan fingerprint density at radius 3 is 1.00 bits per heavy atom. The first-order valence-corrected chi connectivity index (χ1v) is 3.33. The molecule has 0 saturated carbocycles. The molecule has 0 aliphatic heterocycles. The quantitative estimate of drug-likeness (QED) is 0.216. The second-order valence-electron chi connectivity index (χ2n) is 0.883. The van der Waals surface area contributed by atoms with Gasteiger partial charge < -0.3 is 29.4 Å². The molecule has 0 aliphatic carbocycles.